The van der Waals surface area contributed by atoms with Crippen LogP contribution in [0.5, 0.6) is 0 Å². The molecule has 0 aliphatic carbocycles. The van der Waals surface area contributed by atoms with E-state index in [0.717, 1.165) is 11.6 Å². The highest BCUT2D eigenvalue weighted by atomic mass is 19.3. The monoisotopic (exact) mass is 212 g/mol. The minimum absolute atomic E-state index is 0.763. The van der Waals surface area contributed by atoms with Gasteiger partial charge in [-0.05, 0) is 5.56 Å². The molecule has 0 spiro atoms. The third-order valence-electron chi connectivity index (χ3n) is 1.80. The van der Waals surface area contributed by atoms with Crippen molar-refractivity contribution in [1.29, 1.82) is 0 Å². The Balaban J connectivity index is 2.58. The molecule has 0 aliphatic heterocycles. The SMILES string of the molecule is O=C(O)C(F)(F)C/C=C/c1ccccc1. The Morgan fingerprint density at radius 1 is 1.33 bits per heavy atom. The molecule has 0 aliphatic rings. The first-order valence-corrected chi connectivity index (χ1v) is 4.35. The topological polar surface area (TPSA) is 37.3 Å². The van der Waals surface area contributed by atoms with Gasteiger partial charge in [-0.15, -0.1) is 0 Å². The summed E-state index contributed by atoms with van der Waals surface area (Å²) < 4.78 is 25.2. The van der Waals surface area contributed by atoms with Crippen LogP contribution in [0.1, 0.15) is 12.0 Å². The molecule has 4 heteroatoms. The van der Waals surface area contributed by atoms with Crippen LogP contribution in [0.25, 0.3) is 6.08 Å². The second kappa shape index (κ2) is 4.68. The third-order valence-corrected chi connectivity index (χ3v) is 1.80. The molecule has 2 nitrogen and oxygen atoms in total. The molecule has 0 atom stereocenters. The van der Waals surface area contributed by atoms with E-state index in [4.69, 9.17) is 5.11 Å². The highest BCUT2D eigenvalue weighted by molar-refractivity contribution is 5.75. The highest BCUT2D eigenvalue weighted by Crippen LogP contribution is 2.19. The fourth-order valence-corrected chi connectivity index (χ4v) is 0.994. The predicted octanol–water partition coefficient (Wildman–Crippen LogP) is 2.81. The molecule has 0 saturated carbocycles. The number of carboxylic acids is 1. The second-order valence-electron chi connectivity index (χ2n) is 3.03. The fourth-order valence-electron chi connectivity index (χ4n) is 0.994. The number of aliphatic carboxylic acids is 1. The summed E-state index contributed by atoms with van der Waals surface area (Å²) in [5, 5.41) is 8.15. The molecule has 1 rings (SSSR count). The number of rotatable bonds is 4. The maximum Gasteiger partial charge on any atom is 0.374 e. The molecule has 1 aromatic rings. The summed E-state index contributed by atoms with van der Waals surface area (Å²) in [6, 6.07) is 8.85. The van der Waals surface area contributed by atoms with E-state index >= 15 is 0 Å². The van der Waals surface area contributed by atoms with Gasteiger partial charge in [-0.2, -0.15) is 8.78 Å². The Kier molecular flexibility index (Phi) is 3.55. The van der Waals surface area contributed by atoms with Crippen LogP contribution in [-0.4, -0.2) is 17.0 Å². The molecule has 0 saturated heterocycles. The Morgan fingerprint density at radius 2 is 1.93 bits per heavy atom. The van der Waals surface area contributed by atoms with Gasteiger partial charge in [0, 0.05) is 6.42 Å². The van der Waals surface area contributed by atoms with Gasteiger partial charge in [0.25, 0.3) is 0 Å². The van der Waals surface area contributed by atoms with E-state index in [2.05, 4.69) is 0 Å². The molecule has 1 aromatic carbocycles. The lowest BCUT2D eigenvalue weighted by atomic mass is 10.1. The second-order valence-corrected chi connectivity index (χ2v) is 3.03. The van der Waals surface area contributed by atoms with Crippen molar-refractivity contribution in [2.75, 3.05) is 0 Å². The molecular formula is C11H10F2O2. The zero-order chi connectivity index (χ0) is 11.3. The number of halogens is 2. The number of carboxylic acid groups (broad SMARTS) is 1. The normalized spacial score (nSPS) is 11.9. The van der Waals surface area contributed by atoms with Crippen molar-refractivity contribution in [1.82, 2.24) is 0 Å². The quantitative estimate of drug-likeness (QED) is 0.833. The van der Waals surface area contributed by atoms with Crippen LogP contribution < -0.4 is 0 Å². The Labute approximate surface area is 85.9 Å². The lowest BCUT2D eigenvalue weighted by Gasteiger charge is -2.06. The summed E-state index contributed by atoms with van der Waals surface area (Å²) in [6.07, 6.45) is 1.83. The van der Waals surface area contributed by atoms with Gasteiger partial charge < -0.3 is 5.11 Å². The summed E-state index contributed by atoms with van der Waals surface area (Å²) >= 11 is 0. The van der Waals surface area contributed by atoms with Gasteiger partial charge >= 0.3 is 11.9 Å². The maximum absolute atomic E-state index is 12.6. The number of hydrogen-bond acceptors (Lipinski definition) is 1. The van der Waals surface area contributed by atoms with Gasteiger partial charge in [0.2, 0.25) is 0 Å². The first-order chi connectivity index (χ1) is 7.02. The minimum atomic E-state index is -3.69. The van der Waals surface area contributed by atoms with Crippen LogP contribution in [0.3, 0.4) is 0 Å². The summed E-state index contributed by atoms with van der Waals surface area (Å²) in [7, 11) is 0. The van der Waals surface area contributed by atoms with Crippen molar-refractivity contribution in [2.45, 2.75) is 12.3 Å². The molecule has 1 N–H and O–H groups in total. The van der Waals surface area contributed by atoms with Crippen molar-refractivity contribution in [3.63, 3.8) is 0 Å². The molecule has 80 valence electrons. The van der Waals surface area contributed by atoms with Gasteiger partial charge in [-0.25, -0.2) is 4.79 Å². The Morgan fingerprint density at radius 3 is 2.47 bits per heavy atom. The van der Waals surface area contributed by atoms with E-state index in [-0.39, 0.29) is 0 Å². The Hall–Kier alpha value is -1.71. The standard InChI is InChI=1S/C11H10F2O2/c12-11(13,10(14)15)8-4-7-9-5-2-1-3-6-9/h1-7H,8H2,(H,14,15)/b7-4+. The minimum Gasteiger partial charge on any atom is -0.477 e. The van der Waals surface area contributed by atoms with Crippen LogP contribution in [0.4, 0.5) is 8.78 Å². The summed E-state index contributed by atoms with van der Waals surface area (Å²) in [5.74, 6) is -5.79. The van der Waals surface area contributed by atoms with E-state index in [1.54, 1.807) is 24.3 Å². The fraction of sp³-hybridized carbons (Fsp3) is 0.182. The first-order valence-electron chi connectivity index (χ1n) is 4.35. The molecule has 0 bridgehead atoms. The number of hydrogen-bond donors (Lipinski definition) is 1. The molecule has 0 radical (unpaired) electrons. The van der Waals surface area contributed by atoms with Crippen LogP contribution in [0, 0.1) is 0 Å². The Bertz CT molecular complexity index is 358. The molecular weight excluding hydrogens is 202 g/mol. The first kappa shape index (κ1) is 11.4. The van der Waals surface area contributed by atoms with Crippen molar-refractivity contribution < 1.29 is 18.7 Å². The van der Waals surface area contributed by atoms with E-state index in [1.165, 1.54) is 6.08 Å². The molecule has 0 heterocycles. The number of benzene rings is 1. The van der Waals surface area contributed by atoms with Crippen LogP contribution in [0.15, 0.2) is 36.4 Å². The van der Waals surface area contributed by atoms with Gasteiger partial charge in [-0.3, -0.25) is 0 Å². The lowest BCUT2D eigenvalue weighted by molar-refractivity contribution is -0.164. The van der Waals surface area contributed by atoms with Gasteiger partial charge in [-0.1, -0.05) is 42.5 Å². The molecule has 0 aromatic heterocycles. The van der Waals surface area contributed by atoms with E-state index in [0.29, 0.717) is 0 Å². The number of carbonyl (C=O) groups is 1. The average Bonchev–Trinajstić information content (AvgIpc) is 2.19. The van der Waals surface area contributed by atoms with Crippen molar-refractivity contribution in [3.8, 4) is 0 Å². The van der Waals surface area contributed by atoms with Crippen molar-refractivity contribution in [2.24, 2.45) is 0 Å². The van der Waals surface area contributed by atoms with Crippen LogP contribution in [-0.2, 0) is 4.79 Å². The maximum atomic E-state index is 12.6. The van der Waals surface area contributed by atoms with Gasteiger partial charge in [0.15, 0.2) is 0 Å². The number of allylic oxidation sites excluding steroid dienone is 1. The lowest BCUT2D eigenvalue weighted by Crippen LogP contribution is -2.26. The molecule has 0 amide bonds. The average molecular weight is 212 g/mol. The zero-order valence-corrected chi connectivity index (χ0v) is 7.86. The van der Waals surface area contributed by atoms with Crippen LogP contribution >= 0.6 is 0 Å². The van der Waals surface area contributed by atoms with E-state index < -0.39 is 18.3 Å². The number of alkyl halides is 2. The molecule has 15 heavy (non-hydrogen) atoms. The molecule has 0 fully saturated rings. The summed E-state index contributed by atoms with van der Waals surface area (Å²) in [5.41, 5.74) is 0.763. The van der Waals surface area contributed by atoms with E-state index in [1.807, 2.05) is 6.07 Å². The zero-order valence-electron chi connectivity index (χ0n) is 7.86. The smallest absolute Gasteiger partial charge is 0.374 e. The van der Waals surface area contributed by atoms with Gasteiger partial charge in [0.05, 0.1) is 0 Å². The molecule has 0 unspecified atom stereocenters. The largest absolute Gasteiger partial charge is 0.477 e. The third kappa shape index (κ3) is 3.50. The predicted molar refractivity (Wildman–Crippen MR) is 52.7 cm³/mol. The van der Waals surface area contributed by atoms with Crippen LogP contribution in [0.2, 0.25) is 0 Å². The summed E-state index contributed by atoms with van der Waals surface area (Å²) in [4.78, 5) is 10.1. The van der Waals surface area contributed by atoms with Gasteiger partial charge in [0.1, 0.15) is 0 Å². The van der Waals surface area contributed by atoms with Crippen molar-refractivity contribution in [3.05, 3.63) is 42.0 Å². The summed E-state index contributed by atoms with van der Waals surface area (Å²) in [6.45, 7) is 0. The highest BCUT2D eigenvalue weighted by Gasteiger charge is 2.36. The van der Waals surface area contributed by atoms with E-state index in [9.17, 15) is 13.6 Å². The van der Waals surface area contributed by atoms with Crippen molar-refractivity contribution >= 4 is 12.0 Å².